The van der Waals surface area contributed by atoms with Gasteiger partial charge in [-0.15, -0.1) is 0 Å². The van der Waals surface area contributed by atoms with Crippen LogP contribution in [0.3, 0.4) is 0 Å². The van der Waals surface area contributed by atoms with Crippen molar-refractivity contribution < 1.29 is 9.84 Å². The summed E-state index contributed by atoms with van der Waals surface area (Å²) < 4.78 is 6.44. The van der Waals surface area contributed by atoms with Crippen LogP contribution in [0.25, 0.3) is 0 Å². The number of hydrogen-bond donors (Lipinski definition) is 1. The van der Waals surface area contributed by atoms with E-state index >= 15 is 0 Å². The Hall–Kier alpha value is -0.540. The maximum atomic E-state index is 11.1. The first-order chi connectivity index (χ1) is 9.48. The molecule has 0 spiro atoms. The minimum atomic E-state index is -0.445. The first-order valence-corrected chi connectivity index (χ1v) is 8.29. The Labute approximate surface area is 130 Å². The molecule has 0 aromatic heterocycles. The van der Waals surface area contributed by atoms with Crippen LogP contribution in [0.5, 0.6) is 5.75 Å². The second kappa shape index (κ2) is 6.48. The zero-order chi connectivity index (χ0) is 14.8. The van der Waals surface area contributed by atoms with E-state index in [9.17, 15) is 5.11 Å². The van der Waals surface area contributed by atoms with Gasteiger partial charge < -0.3 is 9.84 Å². The Bertz CT molecular complexity index is 450. The molecule has 0 aliphatic heterocycles. The van der Waals surface area contributed by atoms with E-state index in [1.54, 1.807) is 7.11 Å². The van der Waals surface area contributed by atoms with E-state index in [1.165, 1.54) is 12.8 Å². The normalized spacial score (nSPS) is 19.3. The SMILES string of the molecule is COc1ccc(Br)cc1C(O)C1(CC(C)C)CCCC1. The molecule has 1 fully saturated rings. The highest BCUT2D eigenvalue weighted by molar-refractivity contribution is 9.10. The maximum Gasteiger partial charge on any atom is 0.124 e. The fourth-order valence-electron chi connectivity index (χ4n) is 3.73. The lowest BCUT2D eigenvalue weighted by atomic mass is 9.72. The predicted molar refractivity (Wildman–Crippen MR) is 86.0 cm³/mol. The summed E-state index contributed by atoms with van der Waals surface area (Å²) in [7, 11) is 1.67. The van der Waals surface area contributed by atoms with Crippen LogP contribution in [0.4, 0.5) is 0 Å². The molecule has 0 amide bonds. The lowest BCUT2D eigenvalue weighted by molar-refractivity contribution is 0.00959. The first-order valence-electron chi connectivity index (χ1n) is 7.50. The molecule has 1 aromatic carbocycles. The van der Waals surface area contributed by atoms with Crippen molar-refractivity contribution >= 4 is 15.9 Å². The highest BCUT2D eigenvalue weighted by atomic mass is 79.9. The molecule has 1 atom stereocenters. The van der Waals surface area contributed by atoms with E-state index in [0.29, 0.717) is 5.92 Å². The molecule has 1 aliphatic rings. The number of aliphatic hydroxyl groups is 1. The Balaban J connectivity index is 2.36. The highest BCUT2D eigenvalue weighted by Crippen LogP contribution is 2.53. The lowest BCUT2D eigenvalue weighted by Gasteiger charge is -2.36. The van der Waals surface area contributed by atoms with E-state index in [0.717, 1.165) is 35.0 Å². The van der Waals surface area contributed by atoms with Gasteiger partial charge in [-0.1, -0.05) is 42.6 Å². The molecule has 1 aromatic rings. The van der Waals surface area contributed by atoms with Crippen LogP contribution >= 0.6 is 15.9 Å². The van der Waals surface area contributed by atoms with Crippen LogP contribution in [-0.2, 0) is 0 Å². The number of rotatable bonds is 5. The van der Waals surface area contributed by atoms with Gasteiger partial charge in [-0.05, 0) is 43.4 Å². The second-order valence-electron chi connectivity index (χ2n) is 6.46. The Morgan fingerprint density at radius 2 is 1.95 bits per heavy atom. The monoisotopic (exact) mass is 340 g/mol. The molecule has 0 saturated heterocycles. The van der Waals surface area contributed by atoms with Crippen molar-refractivity contribution in [2.75, 3.05) is 7.11 Å². The third-order valence-corrected chi connectivity index (χ3v) is 4.97. The van der Waals surface area contributed by atoms with Crippen LogP contribution in [-0.4, -0.2) is 12.2 Å². The molecule has 2 nitrogen and oxygen atoms in total. The van der Waals surface area contributed by atoms with E-state index < -0.39 is 6.10 Å². The van der Waals surface area contributed by atoms with Crippen LogP contribution in [0, 0.1) is 11.3 Å². The molecule has 3 heteroatoms. The first kappa shape index (κ1) is 15.8. The summed E-state index contributed by atoms with van der Waals surface area (Å²) in [5.41, 5.74) is 0.937. The van der Waals surface area contributed by atoms with Crippen molar-refractivity contribution in [3.63, 3.8) is 0 Å². The Morgan fingerprint density at radius 1 is 1.30 bits per heavy atom. The van der Waals surface area contributed by atoms with Crippen LogP contribution in [0.2, 0.25) is 0 Å². The van der Waals surface area contributed by atoms with E-state index in [1.807, 2.05) is 18.2 Å². The van der Waals surface area contributed by atoms with Gasteiger partial charge in [-0.2, -0.15) is 0 Å². The molecule has 0 radical (unpaired) electrons. The zero-order valence-electron chi connectivity index (χ0n) is 12.7. The number of benzene rings is 1. The summed E-state index contributed by atoms with van der Waals surface area (Å²) in [5, 5.41) is 11.1. The molecule has 20 heavy (non-hydrogen) atoms. The second-order valence-corrected chi connectivity index (χ2v) is 7.37. The van der Waals surface area contributed by atoms with Crippen LogP contribution < -0.4 is 4.74 Å². The van der Waals surface area contributed by atoms with Gasteiger partial charge in [-0.3, -0.25) is 0 Å². The molecular weight excluding hydrogens is 316 g/mol. The molecule has 1 aliphatic carbocycles. The van der Waals surface area contributed by atoms with Crippen molar-refractivity contribution in [2.24, 2.45) is 11.3 Å². The van der Waals surface area contributed by atoms with Crippen molar-refractivity contribution in [2.45, 2.75) is 52.1 Å². The Morgan fingerprint density at radius 3 is 2.50 bits per heavy atom. The van der Waals surface area contributed by atoms with Gasteiger partial charge in [0.25, 0.3) is 0 Å². The largest absolute Gasteiger partial charge is 0.496 e. The van der Waals surface area contributed by atoms with E-state index in [4.69, 9.17) is 4.74 Å². The third kappa shape index (κ3) is 3.20. The topological polar surface area (TPSA) is 29.5 Å². The summed E-state index contributed by atoms with van der Waals surface area (Å²) in [6.07, 6.45) is 5.30. The van der Waals surface area contributed by atoms with Gasteiger partial charge in [0.05, 0.1) is 13.2 Å². The lowest BCUT2D eigenvalue weighted by Crippen LogP contribution is -2.28. The molecule has 0 heterocycles. The summed E-state index contributed by atoms with van der Waals surface area (Å²) in [5.74, 6) is 1.39. The minimum absolute atomic E-state index is 0.0161. The smallest absolute Gasteiger partial charge is 0.124 e. The third-order valence-electron chi connectivity index (χ3n) is 4.48. The number of ether oxygens (including phenoxy) is 1. The van der Waals surface area contributed by atoms with E-state index in [2.05, 4.69) is 29.8 Å². The summed E-state index contributed by atoms with van der Waals surface area (Å²) in [4.78, 5) is 0. The van der Waals surface area contributed by atoms with Crippen LogP contribution in [0.15, 0.2) is 22.7 Å². The number of hydrogen-bond acceptors (Lipinski definition) is 2. The summed E-state index contributed by atoms with van der Waals surface area (Å²) in [6.45, 7) is 4.48. The van der Waals surface area contributed by atoms with Crippen molar-refractivity contribution in [1.82, 2.24) is 0 Å². The molecule has 1 saturated carbocycles. The zero-order valence-corrected chi connectivity index (χ0v) is 14.2. The maximum absolute atomic E-state index is 11.1. The minimum Gasteiger partial charge on any atom is -0.496 e. The average Bonchev–Trinajstić information content (AvgIpc) is 2.86. The number of aliphatic hydroxyl groups excluding tert-OH is 1. The van der Waals surface area contributed by atoms with Crippen molar-refractivity contribution in [1.29, 1.82) is 0 Å². The van der Waals surface area contributed by atoms with Crippen LogP contribution in [0.1, 0.15) is 57.6 Å². The fourth-order valence-corrected chi connectivity index (χ4v) is 4.11. The predicted octanol–water partition coefficient (Wildman–Crippen LogP) is 5.10. The van der Waals surface area contributed by atoms with Crippen molar-refractivity contribution in [3.8, 4) is 5.75 Å². The van der Waals surface area contributed by atoms with Gasteiger partial charge in [0.1, 0.15) is 5.75 Å². The summed E-state index contributed by atoms with van der Waals surface area (Å²) >= 11 is 3.50. The quantitative estimate of drug-likeness (QED) is 0.808. The van der Waals surface area contributed by atoms with Gasteiger partial charge in [0, 0.05) is 15.5 Å². The number of halogens is 1. The molecule has 1 unspecified atom stereocenters. The molecule has 0 bridgehead atoms. The highest BCUT2D eigenvalue weighted by Gasteiger charge is 2.42. The van der Waals surface area contributed by atoms with Gasteiger partial charge in [-0.25, -0.2) is 0 Å². The summed E-state index contributed by atoms with van der Waals surface area (Å²) in [6, 6.07) is 5.89. The van der Waals surface area contributed by atoms with E-state index in [-0.39, 0.29) is 5.41 Å². The molecule has 2 rings (SSSR count). The average molecular weight is 341 g/mol. The number of methoxy groups -OCH3 is 1. The standard InChI is InChI=1S/C17H25BrO2/c1-12(2)11-17(8-4-5-9-17)16(19)14-10-13(18)6-7-15(14)20-3/h6-7,10,12,16,19H,4-5,8-9,11H2,1-3H3. The van der Waals surface area contributed by atoms with Gasteiger partial charge in [0.15, 0.2) is 0 Å². The fraction of sp³-hybridized carbons (Fsp3) is 0.647. The molecule has 1 N–H and O–H groups in total. The van der Waals surface area contributed by atoms with Crippen molar-refractivity contribution in [3.05, 3.63) is 28.2 Å². The Kier molecular flexibility index (Phi) is 5.14. The molecular formula is C17H25BrO2. The van der Waals surface area contributed by atoms with Gasteiger partial charge in [0.2, 0.25) is 0 Å². The molecule has 112 valence electrons. The van der Waals surface area contributed by atoms with Gasteiger partial charge >= 0.3 is 0 Å².